The van der Waals surface area contributed by atoms with Gasteiger partial charge in [0.2, 0.25) is 5.82 Å². The summed E-state index contributed by atoms with van der Waals surface area (Å²) >= 11 is 0. The van der Waals surface area contributed by atoms with Crippen molar-refractivity contribution in [3.05, 3.63) is 41.2 Å². The fourth-order valence-corrected chi connectivity index (χ4v) is 5.14. The van der Waals surface area contributed by atoms with E-state index in [9.17, 15) is 4.79 Å². The van der Waals surface area contributed by atoms with E-state index in [0.717, 1.165) is 49.2 Å². The number of nitrogens with zero attached hydrogens (tertiary/aromatic N) is 5. The van der Waals surface area contributed by atoms with Crippen LogP contribution in [0.25, 0.3) is 22.8 Å². The average molecular weight is 466 g/mol. The van der Waals surface area contributed by atoms with Gasteiger partial charge >= 0.3 is 5.97 Å². The zero-order valence-corrected chi connectivity index (χ0v) is 19.6. The summed E-state index contributed by atoms with van der Waals surface area (Å²) in [6, 6.07) is 6.63. The Labute approximate surface area is 198 Å². The standard InChI is InChI=1S/C25H31N5O4/c1-33-16-22-21(14-26-30(22)20-5-3-2-4-6-20)25-27-24(28-34-25)18-8-7-17-9-11-29(12-10-23(31)32)15-19(17)13-18/h7-8,13-14,20H,2-6,9-12,15-16H2,1H3,(H,31,32). The number of carboxylic acids is 1. The van der Waals surface area contributed by atoms with Gasteiger partial charge in [-0.05, 0) is 36.5 Å². The minimum Gasteiger partial charge on any atom is -0.481 e. The zero-order valence-electron chi connectivity index (χ0n) is 19.6. The van der Waals surface area contributed by atoms with Crippen molar-refractivity contribution in [2.45, 2.75) is 64.1 Å². The molecule has 34 heavy (non-hydrogen) atoms. The van der Waals surface area contributed by atoms with Crippen LogP contribution in [0.15, 0.2) is 28.9 Å². The minimum atomic E-state index is -0.765. The highest BCUT2D eigenvalue weighted by Gasteiger charge is 2.25. The normalized spacial score (nSPS) is 17.1. The molecule has 0 radical (unpaired) electrons. The lowest BCUT2D eigenvalue weighted by atomic mass is 9.95. The van der Waals surface area contributed by atoms with E-state index in [1.165, 1.54) is 30.4 Å². The SMILES string of the molecule is COCc1c(-c2nc(-c3ccc4c(c3)CN(CCC(=O)O)CC4)no2)cnn1C1CCCCC1. The fourth-order valence-electron chi connectivity index (χ4n) is 5.14. The van der Waals surface area contributed by atoms with E-state index in [1.807, 2.05) is 12.3 Å². The molecular weight excluding hydrogens is 434 g/mol. The molecule has 0 saturated heterocycles. The number of benzene rings is 1. The van der Waals surface area contributed by atoms with E-state index in [1.54, 1.807) is 7.11 Å². The Morgan fingerprint density at radius 2 is 2.09 bits per heavy atom. The van der Waals surface area contributed by atoms with E-state index in [0.29, 0.717) is 30.9 Å². The molecule has 1 aliphatic carbocycles. The van der Waals surface area contributed by atoms with Crippen LogP contribution in [-0.4, -0.2) is 56.1 Å². The molecule has 1 aliphatic heterocycles. The van der Waals surface area contributed by atoms with Crippen LogP contribution in [0, 0.1) is 0 Å². The van der Waals surface area contributed by atoms with Crippen LogP contribution in [0.2, 0.25) is 0 Å². The molecule has 1 N–H and O–H groups in total. The molecule has 3 aromatic rings. The van der Waals surface area contributed by atoms with E-state index < -0.39 is 5.97 Å². The molecule has 180 valence electrons. The van der Waals surface area contributed by atoms with Crippen molar-refractivity contribution in [1.82, 2.24) is 24.8 Å². The molecule has 9 nitrogen and oxygen atoms in total. The lowest BCUT2D eigenvalue weighted by Gasteiger charge is -2.28. The topological polar surface area (TPSA) is 107 Å². The summed E-state index contributed by atoms with van der Waals surface area (Å²) in [6.07, 6.45) is 8.88. The van der Waals surface area contributed by atoms with Crippen molar-refractivity contribution in [1.29, 1.82) is 0 Å². The summed E-state index contributed by atoms with van der Waals surface area (Å²) in [6.45, 7) is 2.60. The first kappa shape index (κ1) is 22.7. The van der Waals surface area contributed by atoms with Gasteiger partial charge in [-0.3, -0.25) is 14.4 Å². The van der Waals surface area contributed by atoms with Crippen LogP contribution < -0.4 is 0 Å². The third-order valence-corrected chi connectivity index (χ3v) is 6.95. The zero-order chi connectivity index (χ0) is 23.5. The van der Waals surface area contributed by atoms with E-state index >= 15 is 0 Å². The molecule has 2 aromatic heterocycles. The van der Waals surface area contributed by atoms with E-state index in [-0.39, 0.29) is 6.42 Å². The first-order valence-electron chi connectivity index (χ1n) is 12.1. The quantitative estimate of drug-likeness (QED) is 0.530. The van der Waals surface area contributed by atoms with Crippen molar-refractivity contribution in [2.24, 2.45) is 0 Å². The monoisotopic (exact) mass is 465 g/mol. The van der Waals surface area contributed by atoms with Crippen molar-refractivity contribution in [3.8, 4) is 22.8 Å². The predicted octanol–water partition coefficient (Wildman–Crippen LogP) is 4.08. The predicted molar refractivity (Wildman–Crippen MR) is 125 cm³/mol. The van der Waals surface area contributed by atoms with Crippen LogP contribution in [0.4, 0.5) is 0 Å². The van der Waals surface area contributed by atoms with Gasteiger partial charge < -0.3 is 14.4 Å². The second-order valence-electron chi connectivity index (χ2n) is 9.25. The summed E-state index contributed by atoms with van der Waals surface area (Å²) in [4.78, 5) is 17.8. The molecule has 0 atom stereocenters. The van der Waals surface area contributed by atoms with Crippen LogP contribution in [0.5, 0.6) is 0 Å². The largest absolute Gasteiger partial charge is 0.481 e. The number of carboxylic acid groups (broad SMARTS) is 1. The first-order valence-corrected chi connectivity index (χ1v) is 12.1. The highest BCUT2D eigenvalue weighted by atomic mass is 16.5. The van der Waals surface area contributed by atoms with Gasteiger partial charge in [-0.2, -0.15) is 10.1 Å². The molecule has 1 fully saturated rings. The molecule has 1 aromatic carbocycles. The Hall–Kier alpha value is -3.04. The van der Waals surface area contributed by atoms with Crippen molar-refractivity contribution < 1.29 is 19.2 Å². The van der Waals surface area contributed by atoms with Crippen LogP contribution >= 0.6 is 0 Å². The van der Waals surface area contributed by atoms with Gasteiger partial charge in [0.15, 0.2) is 0 Å². The summed E-state index contributed by atoms with van der Waals surface area (Å²) in [5.41, 5.74) is 5.16. The summed E-state index contributed by atoms with van der Waals surface area (Å²) in [5, 5.41) is 17.9. The molecule has 0 bridgehead atoms. The highest BCUT2D eigenvalue weighted by Crippen LogP contribution is 2.33. The fraction of sp³-hybridized carbons (Fsp3) is 0.520. The van der Waals surface area contributed by atoms with Gasteiger partial charge in [0, 0.05) is 32.3 Å². The van der Waals surface area contributed by atoms with E-state index in [4.69, 9.17) is 19.4 Å². The third-order valence-electron chi connectivity index (χ3n) is 6.95. The van der Waals surface area contributed by atoms with E-state index in [2.05, 4.69) is 32.0 Å². The molecule has 3 heterocycles. The Balaban J connectivity index is 1.38. The van der Waals surface area contributed by atoms with Crippen molar-refractivity contribution in [3.63, 3.8) is 0 Å². The average Bonchev–Trinajstić information content (AvgIpc) is 3.50. The molecular formula is C25H31N5O4. The number of aromatic nitrogens is 4. The third kappa shape index (κ3) is 4.76. The molecule has 0 unspecified atom stereocenters. The van der Waals surface area contributed by atoms with Crippen molar-refractivity contribution >= 4 is 5.97 Å². The van der Waals surface area contributed by atoms with Gasteiger partial charge in [0.1, 0.15) is 0 Å². The maximum Gasteiger partial charge on any atom is 0.304 e. The number of aliphatic carboxylic acids is 1. The van der Waals surface area contributed by atoms with Crippen molar-refractivity contribution in [2.75, 3.05) is 20.2 Å². The number of hydrogen-bond donors (Lipinski definition) is 1. The summed E-state index contributed by atoms with van der Waals surface area (Å²) < 4.78 is 13.3. The van der Waals surface area contributed by atoms with Gasteiger partial charge in [-0.25, -0.2) is 0 Å². The number of hydrogen-bond acceptors (Lipinski definition) is 7. The van der Waals surface area contributed by atoms with Crippen LogP contribution in [0.3, 0.4) is 0 Å². The Kier molecular flexibility index (Phi) is 6.73. The summed E-state index contributed by atoms with van der Waals surface area (Å²) in [5.74, 6) is 0.220. The second kappa shape index (κ2) is 10.1. The Morgan fingerprint density at radius 1 is 1.24 bits per heavy atom. The van der Waals surface area contributed by atoms with Crippen LogP contribution in [0.1, 0.15) is 61.4 Å². The van der Waals surface area contributed by atoms with Gasteiger partial charge in [0.05, 0.1) is 36.5 Å². The summed E-state index contributed by atoms with van der Waals surface area (Å²) in [7, 11) is 1.69. The van der Waals surface area contributed by atoms with Gasteiger partial charge in [-0.1, -0.05) is 36.6 Å². The van der Waals surface area contributed by atoms with Gasteiger partial charge in [0.25, 0.3) is 5.89 Å². The number of rotatable bonds is 8. The maximum absolute atomic E-state index is 10.9. The Morgan fingerprint density at radius 3 is 2.88 bits per heavy atom. The molecule has 9 heteroatoms. The second-order valence-corrected chi connectivity index (χ2v) is 9.25. The highest BCUT2D eigenvalue weighted by molar-refractivity contribution is 5.67. The molecule has 1 saturated carbocycles. The number of ether oxygens (including phenoxy) is 1. The lowest BCUT2D eigenvalue weighted by molar-refractivity contribution is -0.137. The first-order chi connectivity index (χ1) is 16.6. The molecule has 2 aliphatic rings. The van der Waals surface area contributed by atoms with Gasteiger partial charge in [-0.15, -0.1) is 0 Å². The molecule has 0 amide bonds. The Bertz CT molecular complexity index is 1150. The lowest BCUT2D eigenvalue weighted by Crippen LogP contribution is -2.32. The molecule has 5 rings (SSSR count). The maximum atomic E-state index is 10.9. The number of methoxy groups -OCH3 is 1. The smallest absolute Gasteiger partial charge is 0.304 e. The number of carbonyl (C=O) groups is 1. The van der Waals surface area contributed by atoms with Crippen LogP contribution in [-0.2, 0) is 29.1 Å². The minimum absolute atomic E-state index is 0.154. The molecule has 0 spiro atoms. The number of fused-ring (bicyclic) bond motifs is 1.